The number of nitrogens with zero attached hydrogens (tertiary/aromatic N) is 2. The lowest BCUT2D eigenvalue weighted by molar-refractivity contribution is 0.649. The van der Waals surface area contributed by atoms with Gasteiger partial charge in [-0.15, -0.1) is 6.58 Å². The molecule has 0 aliphatic carbocycles. The van der Waals surface area contributed by atoms with Crippen LogP contribution in [0.3, 0.4) is 0 Å². The first-order chi connectivity index (χ1) is 7.56. The molecule has 1 N–H and O–H groups in total. The molecule has 0 amide bonds. The average molecular weight is 284 g/mol. The minimum atomic E-state index is -0.174. The Morgan fingerprint density at radius 1 is 1.75 bits per heavy atom. The number of nitrogens with one attached hydrogen (secondary N) is 1. The van der Waals surface area contributed by atoms with E-state index in [0.717, 1.165) is 5.57 Å². The van der Waals surface area contributed by atoms with Crippen molar-refractivity contribution in [2.75, 3.05) is 11.9 Å². The van der Waals surface area contributed by atoms with E-state index < -0.39 is 0 Å². The molecule has 0 spiro atoms. The zero-order chi connectivity index (χ0) is 12.1. The number of halogens is 1. The fraction of sp³-hybridized carbons (Fsp3) is 0.273. The zero-order valence-corrected chi connectivity index (χ0v) is 10.7. The molecule has 0 radical (unpaired) electrons. The molecule has 0 bridgehead atoms. The topological polar surface area (TPSA) is 46.9 Å². The lowest BCUT2D eigenvalue weighted by Crippen LogP contribution is -2.24. The van der Waals surface area contributed by atoms with Gasteiger partial charge in [0.1, 0.15) is 4.47 Å². The summed E-state index contributed by atoms with van der Waals surface area (Å²) < 4.78 is 1.81. The van der Waals surface area contributed by atoms with E-state index in [9.17, 15) is 4.79 Å². The van der Waals surface area contributed by atoms with Crippen LogP contribution in [-0.4, -0.2) is 16.3 Å². The Labute approximate surface area is 103 Å². The van der Waals surface area contributed by atoms with Gasteiger partial charge in [-0.1, -0.05) is 18.2 Å². The number of anilines is 1. The standard InChI is InChI=1S/C11H14BrN3O/c1-4-5-15-11(16)10(12)9(7-14-15)13-6-8(2)3/h4,7,13H,1-2,5-6H2,3H3. The Balaban J connectivity index is 2.97. The summed E-state index contributed by atoms with van der Waals surface area (Å²) in [6, 6.07) is 0. The predicted octanol–water partition coefficient (Wildman–Crippen LogP) is 2.18. The molecule has 0 atom stereocenters. The Hall–Kier alpha value is -1.36. The number of aromatic nitrogens is 2. The van der Waals surface area contributed by atoms with Crippen LogP contribution in [0.5, 0.6) is 0 Å². The molecule has 1 aromatic heterocycles. The molecule has 1 aromatic rings. The first kappa shape index (κ1) is 12.7. The summed E-state index contributed by atoms with van der Waals surface area (Å²) in [6.45, 7) is 10.3. The van der Waals surface area contributed by atoms with Crippen LogP contribution in [-0.2, 0) is 6.54 Å². The average Bonchev–Trinajstić information content (AvgIpc) is 2.24. The van der Waals surface area contributed by atoms with Crippen molar-refractivity contribution in [2.24, 2.45) is 0 Å². The Morgan fingerprint density at radius 3 is 3.00 bits per heavy atom. The zero-order valence-electron chi connectivity index (χ0n) is 9.16. The van der Waals surface area contributed by atoms with Gasteiger partial charge in [0.2, 0.25) is 0 Å². The van der Waals surface area contributed by atoms with Crippen molar-refractivity contribution >= 4 is 21.6 Å². The van der Waals surface area contributed by atoms with Crippen molar-refractivity contribution < 1.29 is 0 Å². The molecule has 5 heteroatoms. The lowest BCUT2D eigenvalue weighted by atomic mass is 10.3. The normalized spacial score (nSPS) is 9.88. The van der Waals surface area contributed by atoms with E-state index in [0.29, 0.717) is 23.2 Å². The third-order valence-corrected chi connectivity index (χ3v) is 2.63. The molecule has 0 unspecified atom stereocenters. The largest absolute Gasteiger partial charge is 0.379 e. The van der Waals surface area contributed by atoms with Gasteiger partial charge < -0.3 is 5.32 Å². The number of hydrogen-bond acceptors (Lipinski definition) is 3. The van der Waals surface area contributed by atoms with E-state index in [2.05, 4.69) is 39.5 Å². The molecule has 86 valence electrons. The van der Waals surface area contributed by atoms with Crippen molar-refractivity contribution in [1.82, 2.24) is 9.78 Å². The fourth-order valence-corrected chi connectivity index (χ4v) is 1.53. The van der Waals surface area contributed by atoms with E-state index in [1.54, 1.807) is 12.3 Å². The van der Waals surface area contributed by atoms with Crippen molar-refractivity contribution in [2.45, 2.75) is 13.5 Å². The van der Waals surface area contributed by atoms with Gasteiger partial charge in [0.05, 0.1) is 18.4 Å². The molecular weight excluding hydrogens is 270 g/mol. The van der Waals surface area contributed by atoms with E-state index in [1.807, 2.05) is 6.92 Å². The molecule has 0 aliphatic heterocycles. The van der Waals surface area contributed by atoms with Gasteiger partial charge in [0.25, 0.3) is 5.56 Å². The van der Waals surface area contributed by atoms with E-state index >= 15 is 0 Å². The molecule has 0 aliphatic rings. The van der Waals surface area contributed by atoms with E-state index in [1.165, 1.54) is 4.68 Å². The monoisotopic (exact) mass is 283 g/mol. The number of hydrogen-bond donors (Lipinski definition) is 1. The first-order valence-corrected chi connectivity index (χ1v) is 5.60. The van der Waals surface area contributed by atoms with Crippen molar-refractivity contribution in [1.29, 1.82) is 0 Å². The lowest BCUT2D eigenvalue weighted by Gasteiger charge is -2.09. The Morgan fingerprint density at radius 2 is 2.44 bits per heavy atom. The van der Waals surface area contributed by atoms with Crippen LogP contribution in [0.1, 0.15) is 6.92 Å². The summed E-state index contributed by atoms with van der Waals surface area (Å²) in [6.07, 6.45) is 3.24. The number of allylic oxidation sites excluding steroid dienone is 1. The van der Waals surface area contributed by atoms with Crippen LogP contribution in [0.25, 0.3) is 0 Å². The fourth-order valence-electron chi connectivity index (χ4n) is 1.09. The third kappa shape index (κ3) is 3.06. The van der Waals surface area contributed by atoms with Gasteiger partial charge in [-0.2, -0.15) is 5.10 Å². The van der Waals surface area contributed by atoms with Crippen molar-refractivity contribution in [3.8, 4) is 0 Å². The SMILES string of the molecule is C=CCn1ncc(NCC(=C)C)c(Br)c1=O. The summed E-state index contributed by atoms with van der Waals surface area (Å²) in [5.74, 6) is 0. The summed E-state index contributed by atoms with van der Waals surface area (Å²) in [7, 11) is 0. The molecule has 0 saturated heterocycles. The third-order valence-electron chi connectivity index (χ3n) is 1.87. The van der Waals surface area contributed by atoms with E-state index in [-0.39, 0.29) is 5.56 Å². The van der Waals surface area contributed by atoms with E-state index in [4.69, 9.17) is 0 Å². The highest BCUT2D eigenvalue weighted by molar-refractivity contribution is 9.10. The first-order valence-electron chi connectivity index (χ1n) is 4.81. The second-order valence-corrected chi connectivity index (χ2v) is 4.25. The molecule has 4 nitrogen and oxygen atoms in total. The van der Waals surface area contributed by atoms with Gasteiger partial charge in [-0.3, -0.25) is 4.79 Å². The maximum Gasteiger partial charge on any atom is 0.283 e. The van der Waals surface area contributed by atoms with Crippen LogP contribution in [0, 0.1) is 0 Å². The highest BCUT2D eigenvalue weighted by Crippen LogP contribution is 2.16. The smallest absolute Gasteiger partial charge is 0.283 e. The summed E-state index contributed by atoms with van der Waals surface area (Å²) in [4.78, 5) is 11.8. The molecule has 1 heterocycles. The van der Waals surface area contributed by atoms with Gasteiger partial charge in [0, 0.05) is 6.54 Å². The summed E-state index contributed by atoms with van der Waals surface area (Å²) in [5, 5.41) is 7.09. The maximum absolute atomic E-state index is 11.8. The number of rotatable bonds is 5. The highest BCUT2D eigenvalue weighted by Gasteiger charge is 2.07. The molecule has 0 fully saturated rings. The molecular formula is C11H14BrN3O. The second kappa shape index (κ2) is 5.65. The minimum Gasteiger partial charge on any atom is -0.379 e. The predicted molar refractivity (Wildman–Crippen MR) is 69.7 cm³/mol. The van der Waals surface area contributed by atoms with Crippen molar-refractivity contribution in [3.05, 3.63) is 45.8 Å². The van der Waals surface area contributed by atoms with Crippen LogP contribution in [0.15, 0.2) is 40.3 Å². The van der Waals surface area contributed by atoms with Gasteiger partial charge in [0.15, 0.2) is 0 Å². The van der Waals surface area contributed by atoms with Crippen LogP contribution in [0.4, 0.5) is 5.69 Å². The molecule has 1 rings (SSSR count). The van der Waals surface area contributed by atoms with Crippen LogP contribution in [0.2, 0.25) is 0 Å². The highest BCUT2D eigenvalue weighted by atomic mass is 79.9. The van der Waals surface area contributed by atoms with Gasteiger partial charge >= 0.3 is 0 Å². The van der Waals surface area contributed by atoms with Gasteiger partial charge in [-0.05, 0) is 22.9 Å². The summed E-state index contributed by atoms with van der Waals surface area (Å²) in [5.41, 5.74) is 1.49. The second-order valence-electron chi connectivity index (χ2n) is 3.46. The minimum absolute atomic E-state index is 0.174. The van der Waals surface area contributed by atoms with Crippen LogP contribution < -0.4 is 10.9 Å². The van der Waals surface area contributed by atoms with Crippen LogP contribution >= 0.6 is 15.9 Å². The Kier molecular flexibility index (Phi) is 4.49. The molecule has 0 saturated carbocycles. The quantitative estimate of drug-likeness (QED) is 0.843. The molecule has 0 aromatic carbocycles. The van der Waals surface area contributed by atoms with Crippen molar-refractivity contribution in [3.63, 3.8) is 0 Å². The Bertz CT molecular complexity index is 465. The summed E-state index contributed by atoms with van der Waals surface area (Å²) >= 11 is 3.25. The molecule has 16 heavy (non-hydrogen) atoms. The maximum atomic E-state index is 11.8. The van der Waals surface area contributed by atoms with Gasteiger partial charge in [-0.25, -0.2) is 4.68 Å².